The molecule has 0 spiro atoms. The fraction of sp³-hybridized carbons (Fsp3) is 0.600. The zero-order valence-corrected chi connectivity index (χ0v) is 12.5. The first-order chi connectivity index (χ1) is 9.57. The maximum absolute atomic E-state index is 13.2. The van der Waals surface area contributed by atoms with Gasteiger partial charge in [-0.2, -0.15) is 0 Å². The Hall–Kier alpha value is -0.680. The molecule has 112 valence electrons. The van der Waals surface area contributed by atoms with Gasteiger partial charge in [0.2, 0.25) is 0 Å². The van der Waals surface area contributed by atoms with Crippen molar-refractivity contribution in [3.05, 3.63) is 34.6 Å². The molecule has 1 saturated heterocycles. The highest BCUT2D eigenvalue weighted by molar-refractivity contribution is 6.30. The molecule has 0 aromatic heterocycles. The largest absolute Gasteiger partial charge is 0.381 e. The van der Waals surface area contributed by atoms with Crippen molar-refractivity contribution in [3.63, 3.8) is 0 Å². The van der Waals surface area contributed by atoms with Crippen molar-refractivity contribution in [3.8, 4) is 0 Å². The summed E-state index contributed by atoms with van der Waals surface area (Å²) < 4.78 is 24.5. The highest BCUT2D eigenvalue weighted by Gasteiger charge is 2.39. The molecule has 2 N–H and O–H groups in total. The Balaban J connectivity index is 2.11. The van der Waals surface area contributed by atoms with Gasteiger partial charge in [-0.15, -0.1) is 0 Å². The minimum Gasteiger partial charge on any atom is -0.381 e. The Bertz CT molecular complexity index is 444. The predicted octanol–water partition coefficient (Wildman–Crippen LogP) is 2.93. The van der Waals surface area contributed by atoms with Crippen LogP contribution in [0.25, 0.3) is 0 Å². The summed E-state index contributed by atoms with van der Waals surface area (Å²) in [7, 11) is 0. The molecular formula is C15H21ClFNO2. The SMILES string of the molecule is CCOC1(C(N)Cc2ccc(F)c(Cl)c2)CCOCC1. The molecule has 1 aliphatic heterocycles. The maximum Gasteiger partial charge on any atom is 0.141 e. The molecule has 1 aromatic carbocycles. The van der Waals surface area contributed by atoms with Crippen molar-refractivity contribution in [2.45, 2.75) is 37.8 Å². The van der Waals surface area contributed by atoms with E-state index in [9.17, 15) is 4.39 Å². The van der Waals surface area contributed by atoms with E-state index in [0.717, 1.165) is 18.4 Å². The maximum atomic E-state index is 13.2. The van der Waals surface area contributed by atoms with Crippen LogP contribution in [0.15, 0.2) is 18.2 Å². The van der Waals surface area contributed by atoms with Crippen molar-refractivity contribution in [1.82, 2.24) is 0 Å². The van der Waals surface area contributed by atoms with Gasteiger partial charge in [0, 0.05) is 38.7 Å². The normalized spacial score (nSPS) is 19.8. The highest BCUT2D eigenvalue weighted by Crippen LogP contribution is 2.30. The van der Waals surface area contributed by atoms with Crippen LogP contribution in [0, 0.1) is 5.82 Å². The number of hydrogen-bond acceptors (Lipinski definition) is 3. The second kappa shape index (κ2) is 6.85. The van der Waals surface area contributed by atoms with Crippen molar-refractivity contribution >= 4 is 11.6 Å². The van der Waals surface area contributed by atoms with Crippen molar-refractivity contribution in [2.75, 3.05) is 19.8 Å². The smallest absolute Gasteiger partial charge is 0.141 e. The molecule has 0 saturated carbocycles. The number of hydrogen-bond donors (Lipinski definition) is 1. The second-order valence-corrected chi connectivity index (χ2v) is 5.58. The highest BCUT2D eigenvalue weighted by atomic mass is 35.5. The molecule has 1 unspecified atom stereocenters. The van der Waals surface area contributed by atoms with Gasteiger partial charge >= 0.3 is 0 Å². The van der Waals surface area contributed by atoms with E-state index in [1.165, 1.54) is 6.07 Å². The van der Waals surface area contributed by atoms with E-state index in [4.69, 9.17) is 26.8 Å². The lowest BCUT2D eigenvalue weighted by atomic mass is 9.83. The van der Waals surface area contributed by atoms with Crippen molar-refractivity contribution < 1.29 is 13.9 Å². The first-order valence-corrected chi connectivity index (χ1v) is 7.36. The van der Waals surface area contributed by atoms with Crippen LogP contribution in [-0.2, 0) is 15.9 Å². The molecule has 0 amide bonds. The summed E-state index contributed by atoms with van der Waals surface area (Å²) in [6, 6.07) is 4.57. The van der Waals surface area contributed by atoms with E-state index in [-0.39, 0.29) is 16.7 Å². The number of ether oxygens (including phenoxy) is 2. The zero-order chi connectivity index (χ0) is 14.6. The first-order valence-electron chi connectivity index (χ1n) is 6.98. The summed E-state index contributed by atoms with van der Waals surface area (Å²) in [5.74, 6) is -0.408. The minimum absolute atomic E-state index is 0.132. The summed E-state index contributed by atoms with van der Waals surface area (Å²) in [4.78, 5) is 0. The van der Waals surface area contributed by atoms with Gasteiger partial charge in [-0.3, -0.25) is 0 Å². The third-order valence-electron chi connectivity index (χ3n) is 3.89. The molecule has 1 fully saturated rings. The van der Waals surface area contributed by atoms with Crippen LogP contribution in [0.2, 0.25) is 5.02 Å². The molecular weight excluding hydrogens is 281 g/mol. The summed E-state index contributed by atoms with van der Waals surface area (Å²) >= 11 is 5.81. The van der Waals surface area contributed by atoms with E-state index in [2.05, 4.69) is 0 Å². The topological polar surface area (TPSA) is 44.5 Å². The van der Waals surface area contributed by atoms with E-state index in [1.54, 1.807) is 12.1 Å². The van der Waals surface area contributed by atoms with Gasteiger partial charge < -0.3 is 15.2 Å². The van der Waals surface area contributed by atoms with E-state index >= 15 is 0 Å². The number of halogens is 2. The minimum atomic E-state index is -0.408. The Labute approximate surface area is 124 Å². The van der Waals surface area contributed by atoms with Gasteiger partial charge in [0.1, 0.15) is 5.82 Å². The third-order valence-corrected chi connectivity index (χ3v) is 4.18. The molecule has 0 radical (unpaired) electrons. The van der Waals surface area contributed by atoms with Crippen LogP contribution in [0.3, 0.4) is 0 Å². The van der Waals surface area contributed by atoms with E-state index in [0.29, 0.717) is 26.2 Å². The number of rotatable bonds is 5. The average Bonchev–Trinajstić information content (AvgIpc) is 2.44. The summed E-state index contributed by atoms with van der Waals surface area (Å²) in [6.07, 6.45) is 2.19. The Kier molecular flexibility index (Phi) is 5.38. The van der Waals surface area contributed by atoms with E-state index in [1.807, 2.05) is 6.92 Å². The predicted molar refractivity (Wildman–Crippen MR) is 77.5 cm³/mol. The molecule has 0 aliphatic carbocycles. The van der Waals surface area contributed by atoms with Gasteiger partial charge in [0.05, 0.1) is 10.6 Å². The lowest BCUT2D eigenvalue weighted by molar-refractivity contribution is -0.120. The van der Waals surface area contributed by atoms with Crippen LogP contribution in [0.4, 0.5) is 4.39 Å². The summed E-state index contributed by atoms with van der Waals surface area (Å²) in [5.41, 5.74) is 6.94. The van der Waals surface area contributed by atoms with Gasteiger partial charge in [-0.05, 0) is 31.0 Å². The lowest BCUT2D eigenvalue weighted by Crippen LogP contribution is -2.54. The van der Waals surface area contributed by atoms with Crippen molar-refractivity contribution in [1.29, 1.82) is 0 Å². The number of benzene rings is 1. The van der Waals surface area contributed by atoms with E-state index < -0.39 is 5.82 Å². The second-order valence-electron chi connectivity index (χ2n) is 5.17. The fourth-order valence-electron chi connectivity index (χ4n) is 2.73. The Morgan fingerprint density at radius 3 is 2.75 bits per heavy atom. The molecule has 1 atom stereocenters. The summed E-state index contributed by atoms with van der Waals surface area (Å²) in [6.45, 7) is 3.92. The average molecular weight is 302 g/mol. The molecule has 5 heteroatoms. The monoisotopic (exact) mass is 301 g/mol. The van der Waals surface area contributed by atoms with Crippen molar-refractivity contribution in [2.24, 2.45) is 5.73 Å². The lowest BCUT2D eigenvalue weighted by Gasteiger charge is -2.41. The van der Waals surface area contributed by atoms with Gasteiger partial charge in [0.15, 0.2) is 0 Å². The van der Waals surface area contributed by atoms with Gasteiger partial charge in [0.25, 0.3) is 0 Å². The third kappa shape index (κ3) is 3.50. The fourth-order valence-corrected chi connectivity index (χ4v) is 2.94. The zero-order valence-electron chi connectivity index (χ0n) is 11.7. The quantitative estimate of drug-likeness (QED) is 0.909. The van der Waals surface area contributed by atoms with Crippen LogP contribution >= 0.6 is 11.6 Å². The molecule has 1 aromatic rings. The Morgan fingerprint density at radius 2 is 2.15 bits per heavy atom. The molecule has 0 bridgehead atoms. The van der Waals surface area contributed by atoms with Crippen LogP contribution in [0.1, 0.15) is 25.3 Å². The standard InChI is InChI=1S/C15H21ClFNO2/c1-2-20-15(5-7-19-8-6-15)14(18)10-11-3-4-13(17)12(16)9-11/h3-4,9,14H,2,5-8,10,18H2,1H3. The molecule has 20 heavy (non-hydrogen) atoms. The molecule has 3 nitrogen and oxygen atoms in total. The molecule has 2 rings (SSSR count). The van der Waals surface area contributed by atoms with Crippen LogP contribution < -0.4 is 5.73 Å². The molecule has 1 heterocycles. The van der Waals surface area contributed by atoms with Gasteiger partial charge in [-0.1, -0.05) is 17.7 Å². The van der Waals surface area contributed by atoms with Gasteiger partial charge in [-0.25, -0.2) is 4.39 Å². The first kappa shape index (κ1) is 15.7. The van der Waals surface area contributed by atoms with Crippen LogP contribution in [0.5, 0.6) is 0 Å². The Morgan fingerprint density at radius 1 is 1.45 bits per heavy atom. The summed E-state index contributed by atoms with van der Waals surface area (Å²) in [5, 5.41) is 0.132. The van der Waals surface area contributed by atoms with Crippen LogP contribution in [-0.4, -0.2) is 31.5 Å². The molecule has 1 aliphatic rings. The number of nitrogens with two attached hydrogens (primary N) is 1.